The highest BCUT2D eigenvalue weighted by Gasteiger charge is 2.54. The van der Waals surface area contributed by atoms with Gasteiger partial charge in [0.05, 0.1) is 6.42 Å². The molecule has 0 saturated carbocycles. The van der Waals surface area contributed by atoms with Crippen molar-refractivity contribution in [2.75, 3.05) is 5.75 Å². The van der Waals surface area contributed by atoms with Crippen molar-refractivity contribution in [2.45, 2.75) is 51.1 Å². The molecule has 7 heteroatoms. The molecule has 6 nitrogen and oxygen atoms in total. The summed E-state index contributed by atoms with van der Waals surface area (Å²) in [4.78, 5) is 39.5. The molecule has 29 heavy (non-hydrogen) atoms. The fourth-order valence-electron chi connectivity index (χ4n) is 3.29. The topological polar surface area (TPSA) is 75.7 Å². The van der Waals surface area contributed by atoms with Crippen molar-refractivity contribution in [1.82, 2.24) is 10.2 Å². The van der Waals surface area contributed by atoms with Gasteiger partial charge in [-0.3, -0.25) is 14.5 Å². The lowest BCUT2D eigenvalue weighted by Gasteiger charge is -2.49. The maximum Gasteiger partial charge on any atom is 0.355 e. The molecule has 1 N–H and O–H groups in total. The van der Waals surface area contributed by atoms with E-state index < -0.39 is 17.6 Å². The van der Waals surface area contributed by atoms with Crippen molar-refractivity contribution in [3.05, 3.63) is 59.3 Å². The summed E-state index contributed by atoms with van der Waals surface area (Å²) < 4.78 is 5.53. The Labute approximate surface area is 175 Å². The lowest BCUT2D eigenvalue weighted by atomic mass is 10.0. The van der Waals surface area contributed by atoms with Crippen LogP contribution in [0.2, 0.25) is 0 Å². The average molecular weight is 415 g/mol. The van der Waals surface area contributed by atoms with E-state index in [2.05, 4.69) is 5.32 Å². The van der Waals surface area contributed by atoms with Gasteiger partial charge in [0.15, 0.2) is 0 Å². The van der Waals surface area contributed by atoms with Crippen LogP contribution in [-0.2, 0) is 25.5 Å². The highest BCUT2D eigenvalue weighted by molar-refractivity contribution is 8.00. The van der Waals surface area contributed by atoms with Gasteiger partial charge in [-0.05, 0) is 38.8 Å². The number of ether oxygens (including phenoxy) is 1. The van der Waals surface area contributed by atoms with Crippen LogP contribution < -0.4 is 5.32 Å². The molecule has 0 aliphatic carbocycles. The minimum Gasteiger partial charge on any atom is -0.455 e. The third-order valence-corrected chi connectivity index (χ3v) is 5.78. The number of rotatable bonds is 5. The summed E-state index contributed by atoms with van der Waals surface area (Å²) in [6.45, 7) is 7.24. The van der Waals surface area contributed by atoms with Crippen molar-refractivity contribution in [3.63, 3.8) is 0 Å². The molecule has 2 aliphatic heterocycles. The van der Waals surface area contributed by atoms with Crippen LogP contribution in [-0.4, -0.2) is 45.5 Å². The molecular weight excluding hydrogens is 388 g/mol. The number of benzene rings is 1. The maximum absolute atomic E-state index is 12.8. The lowest BCUT2D eigenvalue weighted by molar-refractivity contribution is -0.158. The molecule has 0 spiro atoms. The largest absolute Gasteiger partial charge is 0.455 e. The van der Waals surface area contributed by atoms with Crippen LogP contribution in [0.25, 0.3) is 0 Å². The van der Waals surface area contributed by atoms with Gasteiger partial charge in [-0.25, -0.2) is 4.79 Å². The first-order chi connectivity index (χ1) is 13.7. The Morgan fingerprint density at radius 1 is 1.28 bits per heavy atom. The average Bonchev–Trinajstić information content (AvgIpc) is 2.65. The van der Waals surface area contributed by atoms with Gasteiger partial charge < -0.3 is 10.1 Å². The number of carbonyl (C=O) groups excluding carboxylic acids is 3. The van der Waals surface area contributed by atoms with Crippen molar-refractivity contribution in [2.24, 2.45) is 0 Å². The second-order valence-electron chi connectivity index (χ2n) is 7.99. The van der Waals surface area contributed by atoms with Crippen LogP contribution >= 0.6 is 11.8 Å². The monoisotopic (exact) mass is 414 g/mol. The molecule has 1 aromatic carbocycles. The molecule has 1 fully saturated rings. The van der Waals surface area contributed by atoms with E-state index in [9.17, 15) is 14.4 Å². The van der Waals surface area contributed by atoms with E-state index in [4.69, 9.17) is 4.74 Å². The van der Waals surface area contributed by atoms with E-state index in [-0.39, 0.29) is 29.3 Å². The minimum absolute atomic E-state index is 0.209. The molecule has 2 amide bonds. The second-order valence-corrected chi connectivity index (χ2v) is 9.10. The van der Waals surface area contributed by atoms with Gasteiger partial charge in [0.25, 0.3) is 5.91 Å². The maximum atomic E-state index is 12.8. The predicted molar refractivity (Wildman–Crippen MR) is 113 cm³/mol. The highest BCUT2D eigenvalue weighted by Crippen LogP contribution is 2.41. The molecule has 2 heterocycles. The minimum atomic E-state index is -0.664. The molecule has 2 aliphatic rings. The summed E-state index contributed by atoms with van der Waals surface area (Å²) in [5.74, 6) is -0.444. The van der Waals surface area contributed by atoms with Gasteiger partial charge in [0.1, 0.15) is 22.7 Å². The Hall–Kier alpha value is -2.54. The van der Waals surface area contributed by atoms with E-state index in [0.717, 1.165) is 11.1 Å². The fraction of sp³-hybridized carbons (Fsp3) is 0.409. The van der Waals surface area contributed by atoms with E-state index in [0.29, 0.717) is 5.75 Å². The van der Waals surface area contributed by atoms with Crippen LogP contribution in [0.5, 0.6) is 0 Å². The smallest absolute Gasteiger partial charge is 0.355 e. The molecule has 3 rings (SSSR count). The number of allylic oxidation sites excluding steroid dienone is 2. The van der Waals surface area contributed by atoms with Crippen LogP contribution in [0.4, 0.5) is 0 Å². The number of thioether (sulfide) groups is 1. The van der Waals surface area contributed by atoms with Crippen molar-refractivity contribution >= 4 is 29.5 Å². The molecule has 2 atom stereocenters. The predicted octanol–water partition coefficient (Wildman–Crippen LogP) is 2.80. The Balaban J connectivity index is 1.75. The van der Waals surface area contributed by atoms with Gasteiger partial charge in [-0.2, -0.15) is 0 Å². The molecule has 0 radical (unpaired) electrons. The first kappa shape index (κ1) is 21.2. The number of hydrogen-bond acceptors (Lipinski definition) is 5. The molecular formula is C22H26N2O4S. The van der Waals surface area contributed by atoms with E-state index in [1.807, 2.05) is 49.4 Å². The van der Waals surface area contributed by atoms with Crippen molar-refractivity contribution < 1.29 is 19.1 Å². The Morgan fingerprint density at radius 3 is 2.59 bits per heavy atom. The zero-order valence-corrected chi connectivity index (χ0v) is 17.9. The number of carbonyl (C=O) groups is 3. The van der Waals surface area contributed by atoms with Gasteiger partial charge in [-0.1, -0.05) is 42.5 Å². The highest BCUT2D eigenvalue weighted by atomic mass is 32.2. The van der Waals surface area contributed by atoms with Gasteiger partial charge in [-0.15, -0.1) is 11.8 Å². The molecule has 1 aromatic rings. The number of fused-ring (bicyclic) bond motifs is 1. The van der Waals surface area contributed by atoms with Crippen LogP contribution in [0, 0.1) is 0 Å². The summed E-state index contributed by atoms with van der Waals surface area (Å²) in [7, 11) is 0. The van der Waals surface area contributed by atoms with Crippen molar-refractivity contribution in [1.29, 1.82) is 0 Å². The zero-order valence-electron chi connectivity index (χ0n) is 17.1. The molecule has 1 saturated heterocycles. The molecule has 0 bridgehead atoms. The Kier molecular flexibility index (Phi) is 6.17. The number of amides is 2. The van der Waals surface area contributed by atoms with Crippen LogP contribution in [0.15, 0.2) is 53.8 Å². The number of nitrogens with zero attached hydrogens (tertiary/aromatic N) is 1. The van der Waals surface area contributed by atoms with E-state index in [1.54, 1.807) is 20.8 Å². The van der Waals surface area contributed by atoms with Crippen LogP contribution in [0.1, 0.15) is 33.3 Å². The lowest BCUT2D eigenvalue weighted by Crippen LogP contribution is -2.70. The molecule has 0 unspecified atom stereocenters. The summed E-state index contributed by atoms with van der Waals surface area (Å²) in [5.41, 5.74) is 1.25. The SMILES string of the molecule is CC=CC1=C(C(=O)OC(C)(C)C)N2C(=O)[C@@H](NC(=O)Cc3ccccc3)[C@H]2SC1. The second kappa shape index (κ2) is 8.45. The third-order valence-electron chi connectivity index (χ3n) is 4.48. The quantitative estimate of drug-likeness (QED) is 0.592. The molecule has 154 valence electrons. The number of esters is 1. The van der Waals surface area contributed by atoms with Gasteiger partial charge in [0, 0.05) is 5.75 Å². The molecule has 0 aromatic heterocycles. The number of β-lactam (4-membered cyclic amide) rings is 1. The number of nitrogens with one attached hydrogen (secondary N) is 1. The van der Waals surface area contributed by atoms with E-state index in [1.165, 1.54) is 16.7 Å². The summed E-state index contributed by atoms with van der Waals surface area (Å²) in [5, 5.41) is 2.52. The Bertz CT molecular complexity index is 871. The van der Waals surface area contributed by atoms with Crippen molar-refractivity contribution in [3.8, 4) is 0 Å². The first-order valence-electron chi connectivity index (χ1n) is 9.58. The zero-order chi connectivity index (χ0) is 21.2. The standard InChI is InChI=1S/C22H26N2O4S/c1-5-9-15-13-29-20-17(23-16(25)12-14-10-7-6-8-11-14)19(26)24(20)18(15)21(27)28-22(2,3)4/h5-11,17,20H,12-13H2,1-4H3,(H,23,25)/t17-,20-/m1/s1. The Morgan fingerprint density at radius 2 is 1.97 bits per heavy atom. The summed E-state index contributed by atoms with van der Waals surface area (Å²) in [6, 6.07) is 8.74. The van der Waals surface area contributed by atoms with Gasteiger partial charge in [0.2, 0.25) is 5.91 Å². The van der Waals surface area contributed by atoms with E-state index >= 15 is 0 Å². The fourth-order valence-corrected chi connectivity index (χ4v) is 4.61. The first-order valence-corrected chi connectivity index (χ1v) is 10.6. The van der Waals surface area contributed by atoms with Crippen LogP contribution in [0.3, 0.4) is 0 Å². The summed E-state index contributed by atoms with van der Waals surface area (Å²) >= 11 is 1.53. The third kappa shape index (κ3) is 4.72. The summed E-state index contributed by atoms with van der Waals surface area (Å²) in [6.07, 6.45) is 3.88. The van der Waals surface area contributed by atoms with Gasteiger partial charge >= 0.3 is 5.97 Å². The normalized spacial score (nSPS) is 21.7. The number of hydrogen-bond donors (Lipinski definition) is 1.